The first-order valence-electron chi connectivity index (χ1n) is 10.2. The summed E-state index contributed by atoms with van der Waals surface area (Å²) < 4.78 is 16.0. The van der Waals surface area contributed by atoms with Crippen molar-refractivity contribution < 1.29 is 23.8 Å². The van der Waals surface area contributed by atoms with Crippen molar-refractivity contribution in [2.24, 2.45) is 0 Å². The highest BCUT2D eigenvalue weighted by Gasteiger charge is 2.31. The first-order valence-corrected chi connectivity index (χ1v) is 11.1. The zero-order valence-electron chi connectivity index (χ0n) is 17.8. The van der Waals surface area contributed by atoms with E-state index in [2.05, 4.69) is 11.9 Å². The molecular weight excluding hydrogens is 404 g/mol. The molecule has 0 aliphatic carbocycles. The fraction of sp³-hybridized carbons (Fsp3) is 0.500. The number of esters is 1. The number of benzene rings is 1. The number of hydrogen-bond acceptors (Lipinski definition) is 7. The van der Waals surface area contributed by atoms with Gasteiger partial charge in [-0.05, 0) is 50.8 Å². The summed E-state index contributed by atoms with van der Waals surface area (Å²) in [5.41, 5.74) is 0.995. The maximum atomic E-state index is 12.8. The maximum absolute atomic E-state index is 12.8. The van der Waals surface area contributed by atoms with Gasteiger partial charge in [-0.2, -0.15) is 0 Å². The fourth-order valence-corrected chi connectivity index (χ4v) is 4.48. The minimum atomic E-state index is -0.837. The molecule has 0 N–H and O–H groups in total. The van der Waals surface area contributed by atoms with Crippen molar-refractivity contribution in [3.63, 3.8) is 0 Å². The number of carbonyl (C=O) groups excluding carboxylic acids is 2. The molecule has 0 spiro atoms. The second-order valence-corrected chi connectivity index (χ2v) is 8.10. The predicted octanol–water partition coefficient (Wildman–Crippen LogP) is 4.16. The van der Waals surface area contributed by atoms with Gasteiger partial charge < -0.3 is 19.1 Å². The Morgan fingerprint density at radius 3 is 2.70 bits per heavy atom. The van der Waals surface area contributed by atoms with Crippen molar-refractivity contribution in [1.82, 2.24) is 9.88 Å². The third-order valence-electron chi connectivity index (χ3n) is 5.36. The first-order chi connectivity index (χ1) is 14.5. The smallest absolute Gasteiger partial charge is 0.358 e. The van der Waals surface area contributed by atoms with Gasteiger partial charge in [-0.3, -0.25) is 4.79 Å². The Hall–Kier alpha value is -2.61. The average molecular weight is 433 g/mol. The molecule has 8 heteroatoms. The molecule has 30 heavy (non-hydrogen) atoms. The van der Waals surface area contributed by atoms with E-state index in [1.165, 1.54) is 11.3 Å². The van der Waals surface area contributed by atoms with Crippen LogP contribution in [0.4, 0.5) is 0 Å². The van der Waals surface area contributed by atoms with E-state index in [1.807, 2.05) is 11.0 Å². The molecule has 162 valence electrons. The minimum absolute atomic E-state index is 0.134. The van der Waals surface area contributed by atoms with Crippen LogP contribution in [0.25, 0.3) is 10.6 Å². The number of ether oxygens (including phenoxy) is 3. The van der Waals surface area contributed by atoms with Crippen LogP contribution < -0.4 is 9.47 Å². The number of likely N-dealkylation sites (tertiary alicyclic amines) is 1. The van der Waals surface area contributed by atoms with Gasteiger partial charge in [0, 0.05) is 23.5 Å². The summed E-state index contributed by atoms with van der Waals surface area (Å²) in [6, 6.07) is 5.67. The lowest BCUT2D eigenvalue weighted by Gasteiger charge is -2.36. The number of hydrogen-bond donors (Lipinski definition) is 0. The largest absolute Gasteiger partial charge is 0.493 e. The summed E-state index contributed by atoms with van der Waals surface area (Å²) in [5, 5.41) is 2.30. The van der Waals surface area contributed by atoms with Crippen molar-refractivity contribution in [2.75, 3.05) is 20.8 Å². The van der Waals surface area contributed by atoms with Gasteiger partial charge in [0.15, 0.2) is 23.3 Å². The van der Waals surface area contributed by atoms with Gasteiger partial charge in [-0.1, -0.05) is 6.92 Å². The van der Waals surface area contributed by atoms with E-state index in [1.54, 1.807) is 38.7 Å². The minimum Gasteiger partial charge on any atom is -0.493 e. The van der Waals surface area contributed by atoms with Gasteiger partial charge in [0.1, 0.15) is 5.01 Å². The summed E-state index contributed by atoms with van der Waals surface area (Å²) in [5.74, 6) is 0.475. The van der Waals surface area contributed by atoms with E-state index in [-0.39, 0.29) is 17.6 Å². The Morgan fingerprint density at radius 2 is 2.00 bits per heavy atom. The molecule has 1 amide bonds. The predicted molar refractivity (Wildman–Crippen MR) is 115 cm³/mol. The van der Waals surface area contributed by atoms with Gasteiger partial charge >= 0.3 is 5.97 Å². The number of nitrogens with zero attached hydrogens (tertiary/aromatic N) is 2. The van der Waals surface area contributed by atoms with E-state index >= 15 is 0 Å². The number of methoxy groups -OCH3 is 2. The van der Waals surface area contributed by atoms with Gasteiger partial charge in [0.2, 0.25) is 0 Å². The molecule has 3 rings (SSSR count). The summed E-state index contributed by atoms with van der Waals surface area (Å²) in [6.07, 6.45) is 3.20. The molecule has 1 fully saturated rings. The van der Waals surface area contributed by atoms with Gasteiger partial charge in [-0.15, -0.1) is 11.3 Å². The van der Waals surface area contributed by atoms with E-state index in [9.17, 15) is 9.59 Å². The average Bonchev–Trinajstić information content (AvgIpc) is 3.28. The van der Waals surface area contributed by atoms with Crippen LogP contribution in [0.15, 0.2) is 23.6 Å². The summed E-state index contributed by atoms with van der Waals surface area (Å²) in [7, 11) is 3.14. The van der Waals surface area contributed by atoms with Crippen molar-refractivity contribution in [3.05, 3.63) is 29.3 Å². The van der Waals surface area contributed by atoms with E-state index in [4.69, 9.17) is 14.2 Å². The molecule has 1 aromatic carbocycles. The molecule has 0 bridgehead atoms. The van der Waals surface area contributed by atoms with E-state index in [0.29, 0.717) is 16.5 Å². The van der Waals surface area contributed by atoms with Crippen LogP contribution in [0.3, 0.4) is 0 Å². The molecule has 1 aliphatic heterocycles. The number of aromatic nitrogens is 1. The Balaban J connectivity index is 1.68. The van der Waals surface area contributed by atoms with E-state index in [0.717, 1.165) is 37.8 Å². The Bertz CT molecular complexity index is 897. The van der Waals surface area contributed by atoms with Crippen molar-refractivity contribution in [3.8, 4) is 22.1 Å². The van der Waals surface area contributed by atoms with Gasteiger partial charge in [0.25, 0.3) is 5.91 Å². The molecule has 2 atom stereocenters. The second-order valence-electron chi connectivity index (χ2n) is 7.24. The lowest BCUT2D eigenvalue weighted by molar-refractivity contribution is -0.143. The molecule has 2 aromatic rings. The molecule has 7 nitrogen and oxygen atoms in total. The SMILES string of the molecule is CCC1CCCCN1C(=O)C(C)OC(=O)c1csc(-c2ccc(OC)c(OC)c2)n1. The number of thiazole rings is 1. The van der Waals surface area contributed by atoms with Gasteiger partial charge in [0.05, 0.1) is 14.2 Å². The lowest BCUT2D eigenvalue weighted by atomic mass is 9.99. The Morgan fingerprint density at radius 1 is 1.23 bits per heavy atom. The van der Waals surface area contributed by atoms with E-state index < -0.39 is 12.1 Å². The maximum Gasteiger partial charge on any atom is 0.358 e. The highest BCUT2D eigenvalue weighted by molar-refractivity contribution is 7.13. The van der Waals surface area contributed by atoms with Crippen LogP contribution in [-0.4, -0.2) is 54.7 Å². The molecule has 0 saturated carbocycles. The van der Waals surface area contributed by atoms with Crippen LogP contribution in [0.2, 0.25) is 0 Å². The number of piperidine rings is 1. The summed E-state index contributed by atoms with van der Waals surface area (Å²) in [4.78, 5) is 31.6. The number of carbonyl (C=O) groups is 2. The zero-order chi connectivity index (χ0) is 21.7. The molecule has 1 aromatic heterocycles. The number of rotatable bonds is 7. The molecular formula is C22H28N2O5S. The number of amides is 1. The van der Waals surface area contributed by atoms with Crippen LogP contribution in [0, 0.1) is 0 Å². The highest BCUT2D eigenvalue weighted by atomic mass is 32.1. The second kappa shape index (κ2) is 9.93. The topological polar surface area (TPSA) is 78.0 Å². The third-order valence-corrected chi connectivity index (χ3v) is 6.25. The summed E-state index contributed by atoms with van der Waals surface area (Å²) >= 11 is 1.33. The summed E-state index contributed by atoms with van der Waals surface area (Å²) in [6.45, 7) is 4.43. The molecule has 2 heterocycles. The van der Waals surface area contributed by atoms with Crippen molar-refractivity contribution in [1.29, 1.82) is 0 Å². The highest BCUT2D eigenvalue weighted by Crippen LogP contribution is 2.33. The van der Waals surface area contributed by atoms with Crippen LogP contribution in [0.1, 0.15) is 50.0 Å². The normalized spacial score (nSPS) is 17.3. The van der Waals surface area contributed by atoms with Gasteiger partial charge in [-0.25, -0.2) is 9.78 Å². The monoisotopic (exact) mass is 432 g/mol. The fourth-order valence-electron chi connectivity index (χ4n) is 3.69. The van der Waals surface area contributed by atoms with Crippen LogP contribution in [0.5, 0.6) is 11.5 Å². The Labute approximate surface area is 181 Å². The Kier molecular flexibility index (Phi) is 7.31. The lowest BCUT2D eigenvalue weighted by Crippen LogP contribution is -2.48. The molecule has 1 saturated heterocycles. The molecule has 0 radical (unpaired) electrons. The van der Waals surface area contributed by atoms with Crippen molar-refractivity contribution in [2.45, 2.75) is 51.7 Å². The third kappa shape index (κ3) is 4.75. The quantitative estimate of drug-likeness (QED) is 0.611. The first kappa shape index (κ1) is 22.1. The zero-order valence-corrected chi connectivity index (χ0v) is 18.7. The van der Waals surface area contributed by atoms with Crippen LogP contribution >= 0.6 is 11.3 Å². The standard InChI is InChI=1S/C22H28N2O5S/c1-5-16-8-6-7-11-24(16)21(25)14(2)29-22(26)17-13-30-20(23-17)15-9-10-18(27-3)19(12-15)28-4/h9-10,12-14,16H,5-8,11H2,1-4H3. The van der Waals surface area contributed by atoms with Crippen LogP contribution in [-0.2, 0) is 9.53 Å². The molecule has 1 aliphatic rings. The molecule has 2 unspecified atom stereocenters. The van der Waals surface area contributed by atoms with Crippen molar-refractivity contribution >= 4 is 23.2 Å².